The number of aliphatic hydroxyl groups excluding tert-OH is 1. The SMILES string of the molecule is CCOC(=O)c1cc(N2C[C@@H](O)C[C@@H]2c2cc(F)ccc2F)ccc1[N+](=O)[O-]. The van der Waals surface area contributed by atoms with Gasteiger partial charge in [-0.15, -0.1) is 0 Å². The number of nitrogens with zero attached hydrogens (tertiary/aromatic N) is 2. The monoisotopic (exact) mass is 392 g/mol. The molecule has 2 atom stereocenters. The summed E-state index contributed by atoms with van der Waals surface area (Å²) in [6.45, 7) is 1.72. The zero-order chi connectivity index (χ0) is 20.4. The Labute approximate surface area is 159 Å². The van der Waals surface area contributed by atoms with E-state index in [0.29, 0.717) is 5.69 Å². The highest BCUT2D eigenvalue weighted by atomic mass is 19.1. The lowest BCUT2D eigenvalue weighted by atomic mass is 10.0. The summed E-state index contributed by atoms with van der Waals surface area (Å²) in [5.74, 6) is -2.10. The molecule has 7 nitrogen and oxygen atoms in total. The van der Waals surface area contributed by atoms with Gasteiger partial charge in [0, 0.05) is 23.9 Å². The van der Waals surface area contributed by atoms with E-state index in [1.165, 1.54) is 12.1 Å². The van der Waals surface area contributed by atoms with Crippen LogP contribution in [0.15, 0.2) is 36.4 Å². The molecule has 1 aliphatic rings. The lowest BCUT2D eigenvalue weighted by Crippen LogP contribution is -2.25. The Kier molecular flexibility index (Phi) is 5.55. The number of rotatable bonds is 5. The van der Waals surface area contributed by atoms with Crippen LogP contribution < -0.4 is 4.90 Å². The van der Waals surface area contributed by atoms with Crippen molar-refractivity contribution in [3.8, 4) is 0 Å². The van der Waals surface area contributed by atoms with Gasteiger partial charge >= 0.3 is 5.97 Å². The number of ether oxygens (including phenoxy) is 1. The van der Waals surface area contributed by atoms with Gasteiger partial charge in [-0.1, -0.05) is 0 Å². The number of carbonyl (C=O) groups is 1. The Bertz CT molecular complexity index is 921. The third-order valence-electron chi connectivity index (χ3n) is 4.60. The summed E-state index contributed by atoms with van der Waals surface area (Å²) in [4.78, 5) is 24.3. The van der Waals surface area contributed by atoms with E-state index in [4.69, 9.17) is 4.74 Å². The maximum absolute atomic E-state index is 14.3. The average Bonchev–Trinajstić information content (AvgIpc) is 3.04. The number of nitro groups is 1. The Balaban J connectivity index is 2.05. The van der Waals surface area contributed by atoms with E-state index in [-0.39, 0.29) is 30.7 Å². The van der Waals surface area contributed by atoms with Gasteiger partial charge in [-0.2, -0.15) is 0 Å². The molecule has 2 aromatic carbocycles. The van der Waals surface area contributed by atoms with Gasteiger partial charge in [-0.3, -0.25) is 10.1 Å². The summed E-state index contributed by atoms with van der Waals surface area (Å²) in [5, 5.41) is 21.3. The molecule has 0 radical (unpaired) electrons. The van der Waals surface area contributed by atoms with Gasteiger partial charge in [-0.25, -0.2) is 13.6 Å². The third-order valence-corrected chi connectivity index (χ3v) is 4.60. The largest absolute Gasteiger partial charge is 0.462 e. The minimum absolute atomic E-state index is 0.0414. The molecule has 1 aliphatic heterocycles. The molecule has 28 heavy (non-hydrogen) atoms. The van der Waals surface area contributed by atoms with E-state index in [1.54, 1.807) is 11.8 Å². The average molecular weight is 392 g/mol. The fraction of sp³-hybridized carbons (Fsp3) is 0.316. The summed E-state index contributed by atoms with van der Waals surface area (Å²) in [6.07, 6.45) is -0.666. The predicted molar refractivity (Wildman–Crippen MR) is 96.1 cm³/mol. The van der Waals surface area contributed by atoms with Crippen molar-refractivity contribution in [3.05, 3.63) is 69.3 Å². The molecule has 0 amide bonds. The number of anilines is 1. The molecular weight excluding hydrogens is 374 g/mol. The standard InChI is InChI=1S/C19H18F2N2O5/c1-2-28-19(25)15-8-12(4-6-17(15)23(26)27)22-10-13(24)9-18(22)14-7-11(20)3-5-16(14)21/h3-8,13,18,24H,2,9-10H2,1H3/t13-,18+/m0/s1. The number of halogens is 2. The van der Waals surface area contributed by atoms with Crippen molar-refractivity contribution in [1.82, 2.24) is 0 Å². The van der Waals surface area contributed by atoms with Crippen LogP contribution in [0.25, 0.3) is 0 Å². The highest BCUT2D eigenvalue weighted by Crippen LogP contribution is 2.39. The van der Waals surface area contributed by atoms with Crippen molar-refractivity contribution in [3.63, 3.8) is 0 Å². The lowest BCUT2D eigenvalue weighted by Gasteiger charge is -2.27. The maximum atomic E-state index is 14.3. The molecule has 2 aromatic rings. The number of aliphatic hydroxyl groups is 1. The van der Waals surface area contributed by atoms with Crippen LogP contribution in [0.3, 0.4) is 0 Å². The van der Waals surface area contributed by atoms with Gasteiger partial charge < -0.3 is 14.7 Å². The van der Waals surface area contributed by atoms with Crippen LogP contribution in [0, 0.1) is 21.7 Å². The zero-order valence-electron chi connectivity index (χ0n) is 15.0. The van der Waals surface area contributed by atoms with Crippen molar-refractivity contribution < 1.29 is 28.3 Å². The van der Waals surface area contributed by atoms with Crippen molar-refractivity contribution >= 4 is 17.3 Å². The van der Waals surface area contributed by atoms with Crippen LogP contribution in [0.1, 0.15) is 35.3 Å². The van der Waals surface area contributed by atoms with E-state index < -0.39 is 40.4 Å². The second-order valence-electron chi connectivity index (χ2n) is 6.40. The predicted octanol–water partition coefficient (Wildman–Crippen LogP) is 3.36. The first-order valence-corrected chi connectivity index (χ1v) is 8.67. The first-order valence-electron chi connectivity index (χ1n) is 8.67. The molecule has 0 unspecified atom stereocenters. The number of nitro benzene ring substituents is 1. The van der Waals surface area contributed by atoms with Gasteiger partial charge in [0.2, 0.25) is 0 Å². The smallest absolute Gasteiger partial charge is 0.345 e. The number of carbonyl (C=O) groups excluding carboxylic acids is 1. The molecule has 1 fully saturated rings. The number of esters is 1. The van der Waals surface area contributed by atoms with E-state index in [1.807, 2.05) is 0 Å². The van der Waals surface area contributed by atoms with Gasteiger partial charge in [0.1, 0.15) is 17.2 Å². The van der Waals surface area contributed by atoms with Gasteiger partial charge in [0.15, 0.2) is 0 Å². The van der Waals surface area contributed by atoms with Gasteiger partial charge in [0.05, 0.1) is 23.7 Å². The van der Waals surface area contributed by atoms with Crippen molar-refractivity contribution in [2.75, 3.05) is 18.1 Å². The number of hydrogen-bond donors (Lipinski definition) is 1. The Morgan fingerprint density at radius 1 is 1.32 bits per heavy atom. The highest BCUT2D eigenvalue weighted by Gasteiger charge is 2.35. The molecule has 148 valence electrons. The quantitative estimate of drug-likeness (QED) is 0.477. The molecule has 1 heterocycles. The molecule has 1 saturated heterocycles. The van der Waals surface area contributed by atoms with Crippen LogP contribution in [0.5, 0.6) is 0 Å². The molecule has 0 aromatic heterocycles. The van der Waals surface area contributed by atoms with Crippen molar-refractivity contribution in [1.29, 1.82) is 0 Å². The highest BCUT2D eigenvalue weighted by molar-refractivity contribution is 5.95. The van der Waals surface area contributed by atoms with Crippen molar-refractivity contribution in [2.45, 2.75) is 25.5 Å². The fourth-order valence-corrected chi connectivity index (χ4v) is 3.40. The fourth-order valence-electron chi connectivity index (χ4n) is 3.40. The summed E-state index contributed by atoms with van der Waals surface area (Å²) >= 11 is 0. The van der Waals surface area contributed by atoms with Crippen LogP contribution in [-0.2, 0) is 4.74 Å². The van der Waals surface area contributed by atoms with Crippen LogP contribution in [-0.4, -0.2) is 35.3 Å². The van der Waals surface area contributed by atoms with Gasteiger partial charge in [0.25, 0.3) is 5.69 Å². The van der Waals surface area contributed by atoms with Crippen molar-refractivity contribution in [2.24, 2.45) is 0 Å². The minimum Gasteiger partial charge on any atom is -0.462 e. The summed E-state index contributed by atoms with van der Waals surface area (Å²) in [6, 6.07) is 6.21. The Morgan fingerprint density at radius 2 is 2.07 bits per heavy atom. The summed E-state index contributed by atoms with van der Waals surface area (Å²) in [7, 11) is 0. The number of hydrogen-bond acceptors (Lipinski definition) is 6. The van der Waals surface area contributed by atoms with E-state index >= 15 is 0 Å². The second-order valence-corrected chi connectivity index (χ2v) is 6.40. The van der Waals surface area contributed by atoms with E-state index in [2.05, 4.69) is 0 Å². The zero-order valence-corrected chi connectivity index (χ0v) is 15.0. The number of β-amino-alcohol motifs (C(OH)–C–C–N with tert-alkyl or cyclic N) is 1. The minimum atomic E-state index is -0.857. The first kappa shape index (κ1) is 19.7. The lowest BCUT2D eigenvalue weighted by molar-refractivity contribution is -0.385. The van der Waals surface area contributed by atoms with E-state index in [9.17, 15) is 28.8 Å². The second kappa shape index (κ2) is 7.89. The molecule has 3 rings (SSSR count). The Hall–Kier alpha value is -3.07. The van der Waals surface area contributed by atoms with Crippen LogP contribution in [0.2, 0.25) is 0 Å². The molecule has 0 bridgehead atoms. The molecular formula is C19H18F2N2O5. The third kappa shape index (κ3) is 3.79. The first-order chi connectivity index (χ1) is 13.3. The molecule has 9 heteroatoms. The summed E-state index contributed by atoms with van der Waals surface area (Å²) in [5.41, 5.74) is -0.244. The molecule has 0 aliphatic carbocycles. The van der Waals surface area contributed by atoms with Crippen LogP contribution >= 0.6 is 0 Å². The normalized spacial score (nSPS) is 18.9. The maximum Gasteiger partial charge on any atom is 0.345 e. The molecule has 0 saturated carbocycles. The van der Waals surface area contributed by atoms with Gasteiger partial charge in [-0.05, 0) is 43.7 Å². The Morgan fingerprint density at radius 3 is 2.75 bits per heavy atom. The van der Waals surface area contributed by atoms with E-state index in [0.717, 1.165) is 24.3 Å². The number of benzene rings is 2. The van der Waals surface area contributed by atoms with Crippen LogP contribution in [0.4, 0.5) is 20.2 Å². The topological polar surface area (TPSA) is 92.9 Å². The molecule has 0 spiro atoms. The summed E-state index contributed by atoms with van der Waals surface area (Å²) < 4.78 is 32.8. The molecule has 1 N–H and O–H groups in total.